The van der Waals surface area contributed by atoms with Crippen molar-refractivity contribution in [1.29, 1.82) is 0 Å². The van der Waals surface area contributed by atoms with Gasteiger partial charge < -0.3 is 46.1 Å². The summed E-state index contributed by atoms with van der Waals surface area (Å²) >= 11 is 0. The highest BCUT2D eigenvalue weighted by atomic mass is 19.4. The number of aliphatic hydroxyl groups is 1. The molecule has 69 heavy (non-hydrogen) atoms. The van der Waals surface area contributed by atoms with Gasteiger partial charge >= 0.3 is 6.18 Å². The molecule has 7 N–H and O–H groups in total. The molecule has 0 radical (unpaired) electrons. The normalized spacial score (nSPS) is 20.7. The van der Waals surface area contributed by atoms with E-state index >= 15 is 0 Å². The summed E-state index contributed by atoms with van der Waals surface area (Å²) in [6, 6.07) is 5.60. The van der Waals surface area contributed by atoms with E-state index in [1.165, 1.54) is 35.7 Å². The molecule has 366 valence electrons. The Kier molecular flexibility index (Phi) is 13.1. The highest BCUT2D eigenvalue weighted by molar-refractivity contribution is 5.89. The van der Waals surface area contributed by atoms with Gasteiger partial charge in [-0.1, -0.05) is 7.43 Å². The highest BCUT2D eigenvalue weighted by Crippen LogP contribution is 2.42. The van der Waals surface area contributed by atoms with Crippen LogP contribution in [-0.2, 0) is 22.7 Å². The number of imidazole rings is 2. The van der Waals surface area contributed by atoms with Crippen LogP contribution in [-0.4, -0.2) is 112 Å². The van der Waals surface area contributed by atoms with Crippen molar-refractivity contribution in [2.45, 2.75) is 103 Å². The van der Waals surface area contributed by atoms with Crippen LogP contribution in [0.15, 0.2) is 49.6 Å². The van der Waals surface area contributed by atoms with Crippen LogP contribution >= 0.6 is 0 Å². The van der Waals surface area contributed by atoms with Gasteiger partial charge in [0.15, 0.2) is 29.5 Å². The number of nitrogens with two attached hydrogens (primary N) is 2. The number of aldehydes is 1. The smallest absolute Gasteiger partial charge is 0.382 e. The Morgan fingerprint density at radius 2 is 1.36 bits per heavy atom. The zero-order valence-corrected chi connectivity index (χ0v) is 37.1. The van der Waals surface area contributed by atoms with Crippen LogP contribution in [0.25, 0.3) is 22.3 Å². The number of hydrogen-bond donors (Lipinski definition) is 5. The van der Waals surface area contributed by atoms with Gasteiger partial charge in [-0.05, 0) is 76.6 Å². The second kappa shape index (κ2) is 18.6. The van der Waals surface area contributed by atoms with Gasteiger partial charge in [-0.3, -0.25) is 14.4 Å². The number of rotatable bonds is 12. The first kappa shape index (κ1) is 48.6. The summed E-state index contributed by atoms with van der Waals surface area (Å²) < 4.78 is 73.4. The Hall–Kier alpha value is -6.88. The van der Waals surface area contributed by atoms with Gasteiger partial charge in [-0.15, -0.1) is 0 Å². The molecule has 6 heterocycles. The Balaban J connectivity index is 0.000000185. The predicted octanol–water partition coefficient (Wildman–Crippen LogP) is 4.64. The summed E-state index contributed by atoms with van der Waals surface area (Å²) in [5.41, 5.74) is 13.4. The van der Waals surface area contributed by atoms with Gasteiger partial charge in [0.1, 0.15) is 40.9 Å². The molecule has 2 aliphatic carbocycles. The summed E-state index contributed by atoms with van der Waals surface area (Å²) in [7, 11) is 0. The second-order valence-electron chi connectivity index (χ2n) is 18.3. The third-order valence-corrected chi connectivity index (χ3v) is 13.2. The first-order valence-electron chi connectivity index (χ1n) is 22.1. The van der Waals surface area contributed by atoms with Crippen molar-refractivity contribution in [1.82, 2.24) is 49.7 Å². The Labute approximate surface area is 392 Å². The number of carbonyl (C=O) groups is 3. The largest absolute Gasteiger partial charge is 0.418 e. The van der Waals surface area contributed by atoms with Crippen molar-refractivity contribution in [2.24, 2.45) is 11.1 Å². The number of nitrogens with one attached hydrogen (secondary N) is 2. The fourth-order valence-corrected chi connectivity index (χ4v) is 8.95. The standard InChI is InChI=1S/C23H25FN6O2.C22H24F4N8O2.CH4/c1-14-20-21(26-12-25-14)30(13-27-20)9-16-17(10-31)18(24)5-6-19(16)29-8-7-23(2,11-29)22(32)28-15-3-4-15;23-13-3-4-14(33-6-5-21(28,8-33)20(36)32-11-1-2-11)12(15(13)17(35)22(24,25)26)7-34-10-31-16-18(27)29-9-30-19(16)34;/h5-6,10,12-13,15H,3-4,7-9,11H2,1-2H3,(H,28,32);3-4,9-11,17,35H,1-2,5-8,28H2,(H,32,36)(H2,27,29,30);1H4/t23-;17?,21-;/m01./s1. The number of nitrogen functional groups attached to an aromatic ring is 1. The lowest BCUT2D eigenvalue weighted by Crippen LogP contribution is -2.56. The van der Waals surface area contributed by atoms with Gasteiger partial charge in [-0.2, -0.15) is 13.2 Å². The van der Waals surface area contributed by atoms with Crippen LogP contribution in [0.1, 0.15) is 91.7 Å². The van der Waals surface area contributed by atoms with E-state index in [0.29, 0.717) is 48.6 Å². The van der Waals surface area contributed by atoms with Crippen LogP contribution in [0, 0.1) is 24.0 Å². The molecular formula is C46H53F5N14O4. The van der Waals surface area contributed by atoms with E-state index in [-0.39, 0.29) is 91.7 Å². The Morgan fingerprint density at radius 1 is 0.812 bits per heavy atom. The van der Waals surface area contributed by atoms with E-state index in [1.54, 1.807) is 21.9 Å². The van der Waals surface area contributed by atoms with Crippen LogP contribution in [0.5, 0.6) is 0 Å². The number of aryl methyl sites for hydroxylation is 1. The summed E-state index contributed by atoms with van der Waals surface area (Å²) in [4.78, 5) is 66.0. The number of hydrogen-bond acceptors (Lipinski definition) is 14. The quantitative estimate of drug-likeness (QED) is 0.0830. The van der Waals surface area contributed by atoms with E-state index in [4.69, 9.17) is 11.5 Å². The fraction of sp³-hybridized carbons (Fsp3) is 0.457. The molecule has 3 atom stereocenters. The van der Waals surface area contributed by atoms with Crippen LogP contribution < -0.4 is 31.9 Å². The molecule has 4 aromatic heterocycles. The Bertz CT molecular complexity index is 2940. The van der Waals surface area contributed by atoms with Crippen LogP contribution in [0.2, 0.25) is 0 Å². The topological polar surface area (TPSA) is 241 Å². The molecule has 10 rings (SSSR count). The van der Waals surface area contributed by atoms with E-state index in [2.05, 4.69) is 45.4 Å². The van der Waals surface area contributed by atoms with E-state index in [9.17, 15) is 41.4 Å². The first-order chi connectivity index (χ1) is 32.4. The van der Waals surface area contributed by atoms with Gasteiger partial charge in [0.05, 0.1) is 42.4 Å². The van der Waals surface area contributed by atoms with Crippen LogP contribution in [0.3, 0.4) is 0 Å². The first-order valence-corrected chi connectivity index (χ1v) is 22.1. The van der Waals surface area contributed by atoms with E-state index < -0.39 is 40.4 Å². The lowest BCUT2D eigenvalue weighted by Gasteiger charge is -2.28. The number of fused-ring (bicyclic) bond motifs is 2. The number of benzene rings is 2. The number of nitrogens with zero attached hydrogens (tertiary/aromatic N) is 10. The molecule has 1 unspecified atom stereocenters. The number of carbonyl (C=O) groups excluding carboxylic acids is 3. The summed E-state index contributed by atoms with van der Waals surface area (Å²) in [6.45, 7) is 5.15. The monoisotopic (exact) mass is 960 g/mol. The van der Waals surface area contributed by atoms with Gasteiger partial charge in [0, 0.05) is 66.3 Å². The molecular weight excluding hydrogens is 908 g/mol. The molecule has 0 spiro atoms. The molecule has 2 saturated heterocycles. The van der Waals surface area contributed by atoms with Crippen molar-refractivity contribution in [3.63, 3.8) is 0 Å². The molecule has 2 amide bonds. The molecule has 23 heteroatoms. The molecule has 2 aliphatic heterocycles. The maximum absolute atomic E-state index is 14.9. The van der Waals surface area contributed by atoms with Crippen molar-refractivity contribution in [2.75, 3.05) is 41.7 Å². The van der Waals surface area contributed by atoms with Crippen LogP contribution in [0.4, 0.5) is 39.1 Å². The summed E-state index contributed by atoms with van der Waals surface area (Å²) in [5.74, 6) is -1.99. The highest BCUT2D eigenvalue weighted by Gasteiger charge is 2.47. The van der Waals surface area contributed by atoms with Gasteiger partial charge in [0.2, 0.25) is 11.8 Å². The van der Waals surface area contributed by atoms with Crippen molar-refractivity contribution in [3.8, 4) is 0 Å². The SMILES string of the molecule is C.Cc1ncnc2c1ncn2Cc1c(N2CC[C@](C)(C(=O)NC3CC3)C2)ccc(F)c1C=O.Nc1ncnc2c1ncn2Cc1c(N2CC[C@](N)(C(=O)NC3CC3)C2)ccc(F)c1C(O)C(F)(F)F. The second-order valence-corrected chi connectivity index (χ2v) is 18.3. The minimum Gasteiger partial charge on any atom is -0.382 e. The van der Waals surface area contributed by atoms with Crippen molar-refractivity contribution < 1.29 is 41.4 Å². The predicted molar refractivity (Wildman–Crippen MR) is 245 cm³/mol. The number of halogens is 5. The minimum atomic E-state index is -5.12. The summed E-state index contributed by atoms with van der Waals surface area (Å²) in [5, 5.41) is 16.1. The van der Waals surface area contributed by atoms with Crippen molar-refractivity contribution in [3.05, 3.63) is 89.2 Å². The number of amides is 2. The van der Waals surface area contributed by atoms with Gasteiger partial charge in [-0.25, -0.2) is 38.7 Å². The maximum atomic E-state index is 14.9. The lowest BCUT2D eigenvalue weighted by atomic mass is 9.88. The Morgan fingerprint density at radius 3 is 2.00 bits per heavy atom. The average molecular weight is 961 g/mol. The molecule has 2 aromatic carbocycles. The molecule has 0 bridgehead atoms. The minimum absolute atomic E-state index is 0. The third-order valence-electron chi connectivity index (χ3n) is 13.2. The van der Waals surface area contributed by atoms with E-state index in [0.717, 1.165) is 43.1 Å². The molecule has 4 aliphatic rings. The lowest BCUT2D eigenvalue weighted by molar-refractivity contribution is -0.207. The molecule has 6 aromatic rings. The fourth-order valence-electron chi connectivity index (χ4n) is 8.95. The maximum Gasteiger partial charge on any atom is 0.418 e. The zero-order valence-electron chi connectivity index (χ0n) is 37.1. The average Bonchev–Trinajstić information content (AvgIpc) is 4.10. The molecule has 4 fully saturated rings. The molecule has 2 saturated carbocycles. The molecule has 18 nitrogen and oxygen atoms in total. The summed E-state index contributed by atoms with van der Waals surface area (Å²) in [6.07, 6.45) is 2.70. The van der Waals surface area contributed by atoms with Gasteiger partial charge in [0.25, 0.3) is 0 Å². The number of anilines is 3. The van der Waals surface area contributed by atoms with Crippen molar-refractivity contribution >= 4 is 57.6 Å². The number of aliphatic hydroxyl groups excluding tert-OH is 1. The zero-order chi connectivity index (χ0) is 48.3. The number of alkyl halides is 3. The van der Waals surface area contributed by atoms with E-state index in [1.807, 2.05) is 13.8 Å². The number of aromatic nitrogens is 8. The third kappa shape index (κ3) is 9.61.